The van der Waals surface area contributed by atoms with Crippen LogP contribution in [0.1, 0.15) is 21.7 Å². The number of nitrogens with zero attached hydrogens (tertiary/aromatic N) is 1. The van der Waals surface area contributed by atoms with E-state index in [0.29, 0.717) is 17.9 Å². The average molecular weight is 657 g/mol. The molecule has 5 rings (SSSR count). The van der Waals surface area contributed by atoms with Gasteiger partial charge in [-0.05, 0) is 90.2 Å². The van der Waals surface area contributed by atoms with Crippen molar-refractivity contribution in [1.82, 2.24) is 5.43 Å². The standard InChI is InChI=1S/C27H17Br3N2O3/c28-20-8-9-24-19(12-20)13-25(35-24)27(33)32-31-14-16-10-22(29)26(23(30)11-16)34-15-18-6-3-5-17-4-1-2-7-21(17)18/h1-14H,15H2,(H,32,33)/b31-14+. The third-order valence-electron chi connectivity index (χ3n) is 5.35. The second-order valence-corrected chi connectivity index (χ2v) is 10.4. The Hall–Kier alpha value is -2.94. The Bertz CT molecular complexity index is 1570. The van der Waals surface area contributed by atoms with Crippen molar-refractivity contribution in [2.24, 2.45) is 5.10 Å². The van der Waals surface area contributed by atoms with Crippen molar-refractivity contribution in [3.05, 3.63) is 109 Å². The first-order valence-corrected chi connectivity index (χ1v) is 13.0. The van der Waals surface area contributed by atoms with Gasteiger partial charge >= 0.3 is 5.91 Å². The van der Waals surface area contributed by atoms with Crippen molar-refractivity contribution in [2.45, 2.75) is 6.61 Å². The van der Waals surface area contributed by atoms with E-state index in [1.165, 1.54) is 10.8 Å². The first-order chi connectivity index (χ1) is 17.0. The number of carbonyl (C=O) groups is 1. The van der Waals surface area contributed by atoms with Gasteiger partial charge in [-0.2, -0.15) is 5.10 Å². The molecular formula is C27H17Br3N2O3. The Morgan fingerprint density at radius 2 is 1.69 bits per heavy atom. The zero-order valence-corrected chi connectivity index (χ0v) is 22.9. The Kier molecular flexibility index (Phi) is 7.04. The molecule has 174 valence electrons. The molecule has 0 saturated carbocycles. The number of furan rings is 1. The van der Waals surface area contributed by atoms with Gasteiger partial charge in [-0.15, -0.1) is 0 Å². The number of benzene rings is 4. The molecule has 0 saturated heterocycles. The lowest BCUT2D eigenvalue weighted by Gasteiger charge is -2.13. The Morgan fingerprint density at radius 3 is 2.51 bits per heavy atom. The summed E-state index contributed by atoms with van der Waals surface area (Å²) < 4.78 is 14.2. The van der Waals surface area contributed by atoms with Gasteiger partial charge < -0.3 is 9.15 Å². The first-order valence-electron chi connectivity index (χ1n) is 10.6. The van der Waals surface area contributed by atoms with Crippen molar-refractivity contribution in [3.8, 4) is 5.75 Å². The SMILES string of the molecule is O=C(N/N=C/c1cc(Br)c(OCc2cccc3ccccc23)c(Br)c1)c1cc2cc(Br)ccc2o1. The molecule has 8 heteroatoms. The van der Waals surface area contributed by atoms with Crippen molar-refractivity contribution >= 4 is 81.7 Å². The number of hydrogen-bond acceptors (Lipinski definition) is 4. The van der Waals surface area contributed by atoms with Gasteiger partial charge in [-0.1, -0.05) is 58.4 Å². The molecule has 0 unspecified atom stereocenters. The number of fused-ring (bicyclic) bond motifs is 2. The molecule has 0 atom stereocenters. The van der Waals surface area contributed by atoms with Crippen molar-refractivity contribution < 1.29 is 13.9 Å². The fraction of sp³-hybridized carbons (Fsp3) is 0.0370. The molecule has 0 aliphatic rings. The molecule has 1 amide bonds. The Labute approximate surface area is 226 Å². The van der Waals surface area contributed by atoms with Crippen LogP contribution in [0, 0.1) is 0 Å². The van der Waals surface area contributed by atoms with Crippen molar-refractivity contribution in [2.75, 3.05) is 0 Å². The molecule has 35 heavy (non-hydrogen) atoms. The zero-order chi connectivity index (χ0) is 24.4. The number of hydrazone groups is 1. The quantitative estimate of drug-likeness (QED) is 0.148. The molecular weight excluding hydrogens is 640 g/mol. The van der Waals surface area contributed by atoms with Gasteiger partial charge in [0.1, 0.15) is 17.9 Å². The van der Waals surface area contributed by atoms with Crippen LogP contribution >= 0.6 is 47.8 Å². The van der Waals surface area contributed by atoms with Gasteiger partial charge in [0.05, 0.1) is 15.2 Å². The number of hydrogen-bond donors (Lipinski definition) is 1. The molecule has 1 aromatic heterocycles. The summed E-state index contributed by atoms with van der Waals surface area (Å²) in [4.78, 5) is 12.4. The predicted octanol–water partition coefficient (Wildman–Crippen LogP) is 8.22. The van der Waals surface area contributed by atoms with Gasteiger partial charge in [0, 0.05) is 9.86 Å². The van der Waals surface area contributed by atoms with Gasteiger partial charge in [0.25, 0.3) is 0 Å². The van der Waals surface area contributed by atoms with E-state index >= 15 is 0 Å². The third-order valence-corrected chi connectivity index (χ3v) is 7.03. The van der Waals surface area contributed by atoms with Gasteiger partial charge in [-0.3, -0.25) is 4.79 Å². The molecule has 0 aliphatic heterocycles. The van der Waals surface area contributed by atoms with E-state index in [9.17, 15) is 4.79 Å². The van der Waals surface area contributed by atoms with E-state index < -0.39 is 5.91 Å². The van der Waals surface area contributed by atoms with E-state index in [2.05, 4.69) is 82.6 Å². The Balaban J connectivity index is 1.26. The van der Waals surface area contributed by atoms with Crippen LogP contribution in [0.3, 0.4) is 0 Å². The summed E-state index contributed by atoms with van der Waals surface area (Å²) in [7, 11) is 0. The summed E-state index contributed by atoms with van der Waals surface area (Å²) in [5, 5.41) is 7.25. The summed E-state index contributed by atoms with van der Waals surface area (Å²) in [6.45, 7) is 0.427. The number of nitrogens with one attached hydrogen (secondary N) is 1. The molecule has 5 nitrogen and oxygen atoms in total. The van der Waals surface area contributed by atoms with Gasteiger partial charge in [0.15, 0.2) is 5.76 Å². The lowest BCUT2D eigenvalue weighted by atomic mass is 10.1. The fourth-order valence-corrected chi connectivity index (χ4v) is 5.54. The molecule has 0 bridgehead atoms. The van der Waals surface area contributed by atoms with Crippen LogP contribution in [0.4, 0.5) is 0 Å². The summed E-state index contributed by atoms with van der Waals surface area (Å²) >= 11 is 10.6. The summed E-state index contributed by atoms with van der Waals surface area (Å²) in [5.41, 5.74) is 5.02. The van der Waals surface area contributed by atoms with Crippen LogP contribution in [0.25, 0.3) is 21.7 Å². The van der Waals surface area contributed by atoms with E-state index in [0.717, 1.165) is 29.9 Å². The predicted molar refractivity (Wildman–Crippen MR) is 149 cm³/mol. The number of carbonyl (C=O) groups excluding carboxylic acids is 1. The van der Waals surface area contributed by atoms with Crippen molar-refractivity contribution in [3.63, 3.8) is 0 Å². The van der Waals surface area contributed by atoms with Crippen LogP contribution in [-0.2, 0) is 6.61 Å². The zero-order valence-electron chi connectivity index (χ0n) is 18.1. The van der Waals surface area contributed by atoms with E-state index in [-0.39, 0.29) is 5.76 Å². The number of halogens is 3. The molecule has 5 aromatic rings. The maximum Gasteiger partial charge on any atom is 0.307 e. The van der Waals surface area contributed by atoms with E-state index in [4.69, 9.17) is 9.15 Å². The number of amides is 1. The normalized spacial score (nSPS) is 11.4. The number of ether oxygens (including phenoxy) is 1. The van der Waals surface area contributed by atoms with Crippen LogP contribution in [0.2, 0.25) is 0 Å². The first kappa shape index (κ1) is 23.8. The van der Waals surface area contributed by atoms with Crippen LogP contribution < -0.4 is 10.2 Å². The second-order valence-electron chi connectivity index (χ2n) is 7.73. The van der Waals surface area contributed by atoms with E-state index in [1.54, 1.807) is 18.3 Å². The third kappa shape index (κ3) is 5.34. The molecule has 1 N–H and O–H groups in total. The van der Waals surface area contributed by atoms with Crippen LogP contribution in [-0.4, -0.2) is 12.1 Å². The highest BCUT2D eigenvalue weighted by Gasteiger charge is 2.13. The molecule has 0 fully saturated rings. The Morgan fingerprint density at radius 1 is 0.914 bits per heavy atom. The summed E-state index contributed by atoms with van der Waals surface area (Å²) in [6.07, 6.45) is 1.56. The van der Waals surface area contributed by atoms with Crippen LogP contribution in [0.5, 0.6) is 5.75 Å². The lowest BCUT2D eigenvalue weighted by Crippen LogP contribution is -2.16. The largest absolute Gasteiger partial charge is 0.487 e. The molecule has 0 spiro atoms. The van der Waals surface area contributed by atoms with Crippen LogP contribution in [0.15, 0.2) is 102 Å². The molecule has 1 heterocycles. The minimum Gasteiger partial charge on any atom is -0.487 e. The molecule has 0 aliphatic carbocycles. The minimum atomic E-state index is -0.429. The highest BCUT2D eigenvalue weighted by atomic mass is 79.9. The number of rotatable bonds is 6. The average Bonchev–Trinajstić information content (AvgIpc) is 3.27. The second kappa shape index (κ2) is 10.4. The highest BCUT2D eigenvalue weighted by molar-refractivity contribution is 9.11. The highest BCUT2D eigenvalue weighted by Crippen LogP contribution is 2.35. The van der Waals surface area contributed by atoms with Gasteiger partial charge in [0.2, 0.25) is 0 Å². The van der Waals surface area contributed by atoms with Gasteiger partial charge in [-0.25, -0.2) is 5.43 Å². The maximum absolute atomic E-state index is 12.4. The van der Waals surface area contributed by atoms with Crippen molar-refractivity contribution in [1.29, 1.82) is 0 Å². The fourth-order valence-electron chi connectivity index (χ4n) is 3.71. The van der Waals surface area contributed by atoms with E-state index in [1.807, 2.05) is 42.5 Å². The monoisotopic (exact) mass is 654 g/mol. The minimum absolute atomic E-state index is 0.190. The smallest absolute Gasteiger partial charge is 0.307 e. The summed E-state index contributed by atoms with van der Waals surface area (Å²) in [6, 6.07) is 25.4. The summed E-state index contributed by atoms with van der Waals surface area (Å²) in [5.74, 6) is 0.448. The topological polar surface area (TPSA) is 63.8 Å². The lowest BCUT2D eigenvalue weighted by molar-refractivity contribution is 0.0929. The molecule has 0 radical (unpaired) electrons. The molecule has 4 aromatic carbocycles. The maximum atomic E-state index is 12.4.